The first kappa shape index (κ1) is 16.2. The fraction of sp³-hybridized carbons (Fsp3) is 0.167. The second-order valence-electron chi connectivity index (χ2n) is 6.77. The van der Waals surface area contributed by atoms with Crippen LogP contribution in [0.15, 0.2) is 72.8 Å². The van der Waals surface area contributed by atoms with Gasteiger partial charge in [0.05, 0.1) is 0 Å². The number of hydrogen-bond acceptors (Lipinski definition) is 3. The maximum absolute atomic E-state index is 6.22. The number of benzene rings is 4. The molecule has 4 aromatic carbocycles. The molecule has 1 aliphatic heterocycles. The summed E-state index contributed by atoms with van der Waals surface area (Å²) in [6.07, 6.45) is 0. The number of nitrogens with one attached hydrogen (secondary N) is 1. The van der Waals surface area contributed by atoms with Crippen molar-refractivity contribution in [3.63, 3.8) is 0 Å². The predicted molar refractivity (Wildman–Crippen MR) is 111 cm³/mol. The van der Waals surface area contributed by atoms with Gasteiger partial charge in [-0.25, -0.2) is 0 Å². The highest BCUT2D eigenvalue weighted by molar-refractivity contribution is 6.09. The van der Waals surface area contributed by atoms with E-state index in [1.807, 2.05) is 0 Å². The summed E-state index contributed by atoms with van der Waals surface area (Å²) in [5, 5.41) is 8.14. The Morgan fingerprint density at radius 3 is 1.56 bits per heavy atom. The van der Waals surface area contributed by atoms with Crippen molar-refractivity contribution in [3.8, 4) is 22.6 Å². The van der Waals surface area contributed by atoms with Crippen molar-refractivity contribution in [2.45, 2.75) is 0 Å². The van der Waals surface area contributed by atoms with Gasteiger partial charge in [0.25, 0.3) is 0 Å². The number of rotatable bonds is 0. The van der Waals surface area contributed by atoms with Crippen molar-refractivity contribution in [1.82, 2.24) is 5.32 Å². The molecule has 1 heterocycles. The maximum Gasteiger partial charge on any atom is 0.127 e. The smallest absolute Gasteiger partial charge is 0.127 e. The molecule has 1 N–H and O–H groups in total. The first-order valence-corrected chi connectivity index (χ1v) is 9.42. The van der Waals surface area contributed by atoms with Gasteiger partial charge < -0.3 is 14.8 Å². The third kappa shape index (κ3) is 2.90. The molecule has 0 bridgehead atoms. The lowest BCUT2D eigenvalue weighted by Crippen LogP contribution is -2.25. The lowest BCUT2D eigenvalue weighted by atomic mass is 9.92. The largest absolute Gasteiger partial charge is 0.492 e. The van der Waals surface area contributed by atoms with Crippen molar-refractivity contribution in [1.29, 1.82) is 0 Å². The van der Waals surface area contributed by atoms with E-state index in [4.69, 9.17) is 9.47 Å². The van der Waals surface area contributed by atoms with Crippen LogP contribution in [0, 0.1) is 0 Å². The van der Waals surface area contributed by atoms with Crippen LogP contribution < -0.4 is 14.8 Å². The van der Waals surface area contributed by atoms with Crippen LogP contribution in [-0.2, 0) is 0 Å². The molecular weight excluding hydrogens is 334 g/mol. The molecule has 0 aromatic heterocycles. The minimum Gasteiger partial charge on any atom is -0.492 e. The molecule has 0 saturated heterocycles. The molecule has 0 aliphatic carbocycles. The van der Waals surface area contributed by atoms with E-state index in [-0.39, 0.29) is 0 Å². The lowest BCUT2D eigenvalue weighted by Gasteiger charge is -2.18. The predicted octanol–water partition coefficient (Wildman–Crippen LogP) is 5.02. The molecule has 0 radical (unpaired) electrons. The molecule has 4 aromatic rings. The Labute approximate surface area is 158 Å². The lowest BCUT2D eigenvalue weighted by molar-refractivity contribution is 0.294. The third-order valence-electron chi connectivity index (χ3n) is 5.10. The summed E-state index contributed by atoms with van der Waals surface area (Å²) in [7, 11) is 0. The molecule has 1 aliphatic rings. The highest BCUT2D eigenvalue weighted by Gasteiger charge is 2.19. The number of fused-ring (bicyclic) bond motifs is 7. The van der Waals surface area contributed by atoms with Gasteiger partial charge in [-0.2, -0.15) is 0 Å². The highest BCUT2D eigenvalue weighted by Crippen LogP contribution is 2.45. The quantitative estimate of drug-likeness (QED) is 0.480. The fourth-order valence-electron chi connectivity index (χ4n) is 3.85. The van der Waals surface area contributed by atoms with Crippen LogP contribution in [0.5, 0.6) is 11.5 Å². The molecule has 0 unspecified atom stereocenters. The second kappa shape index (κ2) is 6.93. The van der Waals surface area contributed by atoms with Gasteiger partial charge in [-0.05, 0) is 33.7 Å². The van der Waals surface area contributed by atoms with E-state index in [1.54, 1.807) is 0 Å². The van der Waals surface area contributed by atoms with Crippen molar-refractivity contribution < 1.29 is 9.47 Å². The van der Waals surface area contributed by atoms with Gasteiger partial charge in [-0.3, -0.25) is 0 Å². The monoisotopic (exact) mass is 355 g/mol. The molecule has 3 heteroatoms. The first-order valence-electron chi connectivity index (χ1n) is 9.42. The zero-order valence-electron chi connectivity index (χ0n) is 15.1. The van der Waals surface area contributed by atoms with E-state index >= 15 is 0 Å². The zero-order valence-corrected chi connectivity index (χ0v) is 15.1. The maximum atomic E-state index is 6.22. The average Bonchev–Trinajstić information content (AvgIpc) is 2.76. The van der Waals surface area contributed by atoms with Gasteiger partial charge in [0, 0.05) is 24.2 Å². The van der Waals surface area contributed by atoms with Crippen LogP contribution in [0.4, 0.5) is 0 Å². The van der Waals surface area contributed by atoms with E-state index in [0.717, 1.165) is 35.7 Å². The summed E-state index contributed by atoms with van der Waals surface area (Å²) in [6.45, 7) is 2.86. The van der Waals surface area contributed by atoms with Crippen LogP contribution >= 0.6 is 0 Å². The normalized spacial score (nSPS) is 14.5. The van der Waals surface area contributed by atoms with Crippen molar-refractivity contribution in [2.24, 2.45) is 0 Å². The molecule has 27 heavy (non-hydrogen) atoms. The van der Waals surface area contributed by atoms with Crippen molar-refractivity contribution >= 4 is 21.5 Å². The zero-order chi connectivity index (χ0) is 18.1. The Bertz CT molecular complexity index is 1030. The Hall–Kier alpha value is -3.04. The number of ether oxygens (including phenoxy) is 2. The SMILES string of the molecule is c1ccc2c3c(ccc2c1)OCCNCCOc1ccc2ccccc2c1-3. The van der Waals surface area contributed by atoms with Gasteiger partial charge in [-0.15, -0.1) is 0 Å². The summed E-state index contributed by atoms with van der Waals surface area (Å²) in [5.41, 5.74) is 2.23. The Morgan fingerprint density at radius 1 is 0.556 bits per heavy atom. The van der Waals surface area contributed by atoms with E-state index < -0.39 is 0 Å². The molecule has 0 atom stereocenters. The van der Waals surface area contributed by atoms with Crippen LogP contribution in [0.1, 0.15) is 0 Å². The summed E-state index contributed by atoms with van der Waals surface area (Å²) in [6, 6.07) is 25.4. The van der Waals surface area contributed by atoms with Crippen LogP contribution in [0.2, 0.25) is 0 Å². The summed E-state index contributed by atoms with van der Waals surface area (Å²) in [4.78, 5) is 0. The minimum atomic E-state index is 0.630. The second-order valence-corrected chi connectivity index (χ2v) is 6.77. The molecule has 0 amide bonds. The molecular formula is C24H21NO2. The molecule has 3 nitrogen and oxygen atoms in total. The van der Waals surface area contributed by atoms with E-state index in [0.29, 0.717) is 13.2 Å². The van der Waals surface area contributed by atoms with Gasteiger partial charge in [-0.1, -0.05) is 60.7 Å². The highest BCUT2D eigenvalue weighted by atomic mass is 16.5. The van der Waals surface area contributed by atoms with Crippen molar-refractivity contribution in [3.05, 3.63) is 72.8 Å². The summed E-state index contributed by atoms with van der Waals surface area (Å²) in [5.74, 6) is 1.80. The standard InChI is InChI=1S/C24H21NO2/c1-3-7-19-17(5-1)9-11-21-23(19)24-20-8-4-2-6-18(20)10-12-22(24)27-16-14-25-13-15-26-21/h1-12,25H,13-16H2. The topological polar surface area (TPSA) is 30.5 Å². The van der Waals surface area contributed by atoms with E-state index in [9.17, 15) is 0 Å². The Kier molecular flexibility index (Phi) is 4.15. The summed E-state index contributed by atoms with van der Waals surface area (Å²) >= 11 is 0. The summed E-state index contributed by atoms with van der Waals surface area (Å²) < 4.78 is 12.4. The molecule has 5 rings (SSSR count). The van der Waals surface area contributed by atoms with Crippen molar-refractivity contribution in [2.75, 3.05) is 26.3 Å². The van der Waals surface area contributed by atoms with Crippen LogP contribution in [0.3, 0.4) is 0 Å². The molecule has 0 saturated carbocycles. The van der Waals surface area contributed by atoms with Crippen LogP contribution in [0.25, 0.3) is 32.7 Å². The van der Waals surface area contributed by atoms with Gasteiger partial charge in [0.2, 0.25) is 0 Å². The third-order valence-corrected chi connectivity index (χ3v) is 5.10. The molecule has 0 fully saturated rings. The molecule has 0 spiro atoms. The van der Waals surface area contributed by atoms with Gasteiger partial charge >= 0.3 is 0 Å². The minimum absolute atomic E-state index is 0.630. The fourth-order valence-corrected chi connectivity index (χ4v) is 3.85. The van der Waals surface area contributed by atoms with E-state index in [2.05, 4.69) is 78.1 Å². The average molecular weight is 355 g/mol. The van der Waals surface area contributed by atoms with E-state index in [1.165, 1.54) is 21.5 Å². The Balaban J connectivity index is 1.90. The Morgan fingerprint density at radius 2 is 1.04 bits per heavy atom. The first-order chi connectivity index (χ1) is 13.4. The van der Waals surface area contributed by atoms with Gasteiger partial charge in [0.15, 0.2) is 0 Å². The number of hydrogen-bond donors (Lipinski definition) is 1. The van der Waals surface area contributed by atoms with Gasteiger partial charge in [0.1, 0.15) is 24.7 Å². The van der Waals surface area contributed by atoms with Crippen LogP contribution in [-0.4, -0.2) is 26.3 Å². The molecule has 134 valence electrons.